The van der Waals surface area contributed by atoms with Gasteiger partial charge in [0.1, 0.15) is 6.61 Å². The fraction of sp³-hybridized carbons (Fsp3) is 0.833. The summed E-state index contributed by atoms with van der Waals surface area (Å²) in [5.74, 6) is 2.23. The fourth-order valence-electron chi connectivity index (χ4n) is 1.42. The molecule has 0 saturated heterocycles. The van der Waals surface area contributed by atoms with Gasteiger partial charge in [-0.05, 0) is 6.42 Å². The molecule has 0 amide bonds. The van der Waals surface area contributed by atoms with Gasteiger partial charge in [-0.1, -0.05) is 51.4 Å². The Morgan fingerprint density at radius 2 is 1.62 bits per heavy atom. The van der Waals surface area contributed by atoms with E-state index in [0.717, 1.165) is 12.8 Å². The average Bonchev–Trinajstić information content (AvgIpc) is 2.25. The Bertz CT molecular complexity index is 288. The second-order valence-corrected chi connectivity index (χ2v) is 5.61. The maximum Gasteiger partial charge on any atom is 0.268 e. The molecule has 4 heteroatoms. The van der Waals surface area contributed by atoms with Crippen molar-refractivity contribution in [3.63, 3.8) is 0 Å². The van der Waals surface area contributed by atoms with Crippen molar-refractivity contribution in [2.45, 2.75) is 51.9 Å². The fourth-order valence-corrected chi connectivity index (χ4v) is 2.34. The predicted molar refractivity (Wildman–Crippen MR) is 66.6 cm³/mol. The van der Waals surface area contributed by atoms with Gasteiger partial charge in [-0.25, -0.2) is 0 Å². The standard InChI is InChI=1S/C12H22O3S/c1-3-5-6-7-8-9-10-12-16(13,14)15-11-4-2/h2H,3,5-12H2,1H3. The largest absolute Gasteiger partial charge is 0.268 e. The third-order valence-electron chi connectivity index (χ3n) is 2.32. The molecule has 0 spiro atoms. The van der Waals surface area contributed by atoms with Crippen molar-refractivity contribution in [1.29, 1.82) is 0 Å². The zero-order chi connectivity index (χ0) is 12.3. The lowest BCUT2D eigenvalue weighted by Crippen LogP contribution is -2.10. The lowest BCUT2D eigenvalue weighted by atomic mass is 10.1. The second kappa shape index (κ2) is 9.68. The summed E-state index contributed by atoms with van der Waals surface area (Å²) in [6.07, 6.45) is 12.6. The smallest absolute Gasteiger partial charge is 0.257 e. The molecule has 0 aromatic heterocycles. The summed E-state index contributed by atoms with van der Waals surface area (Å²) in [7, 11) is -3.38. The highest BCUT2D eigenvalue weighted by Gasteiger charge is 2.09. The van der Waals surface area contributed by atoms with Crippen molar-refractivity contribution in [3.05, 3.63) is 0 Å². The van der Waals surface area contributed by atoms with Crippen LogP contribution in [0, 0.1) is 12.3 Å². The molecule has 0 heterocycles. The summed E-state index contributed by atoms with van der Waals surface area (Å²) in [6.45, 7) is 2.02. The lowest BCUT2D eigenvalue weighted by Gasteiger charge is -2.03. The molecule has 0 aliphatic carbocycles. The van der Waals surface area contributed by atoms with E-state index in [9.17, 15) is 8.42 Å². The Morgan fingerprint density at radius 1 is 1.06 bits per heavy atom. The number of terminal acetylenes is 1. The average molecular weight is 246 g/mol. The van der Waals surface area contributed by atoms with Gasteiger partial charge < -0.3 is 0 Å². The van der Waals surface area contributed by atoms with E-state index in [0.29, 0.717) is 6.42 Å². The minimum absolute atomic E-state index is 0.0858. The van der Waals surface area contributed by atoms with Gasteiger partial charge in [-0.2, -0.15) is 8.42 Å². The topological polar surface area (TPSA) is 43.4 Å². The van der Waals surface area contributed by atoms with Crippen molar-refractivity contribution >= 4 is 10.1 Å². The van der Waals surface area contributed by atoms with Gasteiger partial charge in [0.15, 0.2) is 0 Å². The molecule has 0 bridgehead atoms. The number of hydrogen-bond donors (Lipinski definition) is 0. The molecule has 16 heavy (non-hydrogen) atoms. The van der Waals surface area contributed by atoms with Crippen LogP contribution >= 0.6 is 0 Å². The third kappa shape index (κ3) is 10.0. The summed E-state index contributed by atoms with van der Waals surface area (Å²) in [5.41, 5.74) is 0. The molecule has 3 nitrogen and oxygen atoms in total. The minimum atomic E-state index is -3.38. The van der Waals surface area contributed by atoms with Gasteiger partial charge in [-0.15, -0.1) is 6.42 Å². The molecule has 0 aromatic carbocycles. The zero-order valence-corrected chi connectivity index (χ0v) is 10.9. The van der Waals surface area contributed by atoms with Gasteiger partial charge in [0, 0.05) is 0 Å². The molecule has 0 N–H and O–H groups in total. The molecular weight excluding hydrogens is 224 g/mol. The van der Waals surface area contributed by atoms with Crippen LogP contribution in [-0.2, 0) is 14.3 Å². The van der Waals surface area contributed by atoms with Gasteiger partial charge in [0.25, 0.3) is 10.1 Å². The summed E-state index contributed by atoms with van der Waals surface area (Å²) in [4.78, 5) is 0. The number of unbranched alkanes of at least 4 members (excludes halogenated alkanes) is 6. The maximum atomic E-state index is 11.2. The summed E-state index contributed by atoms with van der Waals surface area (Å²) < 4.78 is 27.0. The Morgan fingerprint density at radius 3 is 2.19 bits per heavy atom. The second-order valence-electron chi connectivity index (χ2n) is 3.85. The monoisotopic (exact) mass is 246 g/mol. The Kier molecular flexibility index (Phi) is 9.36. The molecular formula is C12H22O3S. The van der Waals surface area contributed by atoms with Crippen molar-refractivity contribution in [2.24, 2.45) is 0 Å². The van der Waals surface area contributed by atoms with E-state index in [1.54, 1.807) is 0 Å². The quantitative estimate of drug-likeness (QED) is 0.338. The van der Waals surface area contributed by atoms with Gasteiger partial charge in [0.05, 0.1) is 5.75 Å². The molecule has 0 fully saturated rings. The van der Waals surface area contributed by atoms with Crippen LogP contribution in [0.3, 0.4) is 0 Å². The van der Waals surface area contributed by atoms with Crippen LogP contribution < -0.4 is 0 Å². The lowest BCUT2D eigenvalue weighted by molar-refractivity contribution is 0.362. The van der Waals surface area contributed by atoms with Crippen LogP contribution in [0.2, 0.25) is 0 Å². The zero-order valence-electron chi connectivity index (χ0n) is 10.1. The molecule has 0 rings (SSSR count). The normalized spacial score (nSPS) is 11.2. The maximum absolute atomic E-state index is 11.2. The van der Waals surface area contributed by atoms with Crippen molar-refractivity contribution in [3.8, 4) is 12.3 Å². The molecule has 0 aromatic rings. The van der Waals surface area contributed by atoms with E-state index in [-0.39, 0.29) is 12.4 Å². The van der Waals surface area contributed by atoms with E-state index in [2.05, 4.69) is 17.0 Å². The Balaban J connectivity index is 3.41. The first kappa shape index (κ1) is 15.5. The van der Waals surface area contributed by atoms with E-state index in [1.807, 2.05) is 0 Å². The van der Waals surface area contributed by atoms with Crippen LogP contribution in [0.15, 0.2) is 0 Å². The van der Waals surface area contributed by atoms with Crippen LogP contribution in [0.25, 0.3) is 0 Å². The first-order valence-corrected chi connectivity index (χ1v) is 7.50. The number of rotatable bonds is 10. The first-order chi connectivity index (χ1) is 7.62. The number of hydrogen-bond acceptors (Lipinski definition) is 3. The molecule has 0 atom stereocenters. The van der Waals surface area contributed by atoms with E-state index in [1.165, 1.54) is 25.7 Å². The predicted octanol–water partition coefficient (Wildman–Crippen LogP) is 2.72. The van der Waals surface area contributed by atoms with E-state index in [4.69, 9.17) is 6.42 Å². The van der Waals surface area contributed by atoms with Gasteiger partial charge in [-0.3, -0.25) is 4.18 Å². The molecule has 0 saturated carbocycles. The third-order valence-corrected chi connectivity index (χ3v) is 3.59. The van der Waals surface area contributed by atoms with Gasteiger partial charge >= 0.3 is 0 Å². The molecule has 94 valence electrons. The molecule has 0 aliphatic heterocycles. The van der Waals surface area contributed by atoms with Crippen molar-refractivity contribution in [2.75, 3.05) is 12.4 Å². The molecule has 0 aliphatic rings. The highest BCUT2D eigenvalue weighted by Crippen LogP contribution is 2.08. The molecule has 0 radical (unpaired) electrons. The first-order valence-electron chi connectivity index (χ1n) is 5.93. The van der Waals surface area contributed by atoms with Crippen molar-refractivity contribution in [1.82, 2.24) is 0 Å². The van der Waals surface area contributed by atoms with E-state index >= 15 is 0 Å². The van der Waals surface area contributed by atoms with Crippen LogP contribution in [0.5, 0.6) is 0 Å². The summed E-state index contributed by atoms with van der Waals surface area (Å²) in [5, 5.41) is 0. The van der Waals surface area contributed by atoms with Crippen LogP contribution in [0.1, 0.15) is 51.9 Å². The van der Waals surface area contributed by atoms with Crippen molar-refractivity contribution < 1.29 is 12.6 Å². The Hall–Kier alpha value is -0.530. The highest BCUT2D eigenvalue weighted by atomic mass is 32.2. The van der Waals surface area contributed by atoms with Gasteiger partial charge in [0.2, 0.25) is 0 Å². The minimum Gasteiger partial charge on any atom is -0.257 e. The summed E-state index contributed by atoms with van der Waals surface area (Å²) in [6, 6.07) is 0. The highest BCUT2D eigenvalue weighted by molar-refractivity contribution is 7.86. The van der Waals surface area contributed by atoms with Crippen LogP contribution in [0.4, 0.5) is 0 Å². The summed E-state index contributed by atoms with van der Waals surface area (Å²) >= 11 is 0. The van der Waals surface area contributed by atoms with E-state index < -0.39 is 10.1 Å². The SMILES string of the molecule is C#CCOS(=O)(=O)CCCCCCCCC. The Labute approximate surface area is 99.7 Å². The molecule has 0 unspecified atom stereocenters. The van der Waals surface area contributed by atoms with Crippen LogP contribution in [-0.4, -0.2) is 20.8 Å².